The molecule has 0 fully saturated rings. The molecule has 4 aromatic rings. The fourth-order valence-electron chi connectivity index (χ4n) is 4.57. The van der Waals surface area contributed by atoms with E-state index in [1.165, 1.54) is 10.9 Å². The lowest BCUT2D eigenvalue weighted by Gasteiger charge is -2.27. The third-order valence-electron chi connectivity index (χ3n) is 6.76. The van der Waals surface area contributed by atoms with Gasteiger partial charge in [-0.15, -0.1) is 0 Å². The van der Waals surface area contributed by atoms with Crippen LogP contribution in [0.15, 0.2) is 53.7 Å². The van der Waals surface area contributed by atoms with Crippen LogP contribution >= 0.6 is 0 Å². The van der Waals surface area contributed by atoms with Gasteiger partial charge in [0, 0.05) is 25.0 Å². The molecule has 0 unspecified atom stereocenters. The minimum Gasteiger partial charge on any atom is -0.497 e. The van der Waals surface area contributed by atoms with E-state index in [1.807, 2.05) is 35.9 Å². The normalized spacial score (nSPS) is 13.7. The molecule has 43 heavy (non-hydrogen) atoms. The highest BCUT2D eigenvalue weighted by Gasteiger charge is 2.32. The van der Waals surface area contributed by atoms with E-state index in [0.29, 0.717) is 36.8 Å². The average molecular weight is 596 g/mol. The third-order valence-corrected chi connectivity index (χ3v) is 6.76. The predicted octanol–water partition coefficient (Wildman–Crippen LogP) is 3.21. The first-order valence-electron chi connectivity index (χ1n) is 13.3. The fraction of sp³-hybridized carbons (Fsp3) is 0.357. The van der Waals surface area contributed by atoms with Crippen LogP contribution in [0.2, 0.25) is 0 Å². The number of fused-ring (bicyclic) bond motifs is 1. The first kappa shape index (κ1) is 29.5. The van der Waals surface area contributed by atoms with E-state index in [9.17, 15) is 23.2 Å². The maximum atomic E-state index is 12.9. The Morgan fingerprint density at radius 2 is 1.88 bits per heavy atom. The van der Waals surface area contributed by atoms with E-state index >= 15 is 0 Å². The molecule has 1 atom stereocenters. The number of anilines is 2. The molecule has 0 amide bonds. The molecule has 0 saturated heterocycles. The Kier molecular flexibility index (Phi) is 8.58. The van der Waals surface area contributed by atoms with Crippen LogP contribution in [0.1, 0.15) is 35.0 Å². The summed E-state index contributed by atoms with van der Waals surface area (Å²) < 4.78 is 52.5. The lowest BCUT2D eigenvalue weighted by molar-refractivity contribution is -0.138. The van der Waals surface area contributed by atoms with Crippen molar-refractivity contribution in [3.63, 3.8) is 0 Å². The van der Waals surface area contributed by atoms with Crippen molar-refractivity contribution >= 4 is 11.6 Å². The third kappa shape index (κ3) is 6.92. The second kappa shape index (κ2) is 12.5. The van der Waals surface area contributed by atoms with Crippen LogP contribution in [0.3, 0.4) is 0 Å². The number of methoxy groups -OCH3 is 1. The van der Waals surface area contributed by atoms with Crippen LogP contribution in [-0.4, -0.2) is 55.8 Å². The zero-order valence-electron chi connectivity index (χ0n) is 23.4. The molecule has 3 aromatic heterocycles. The molecule has 1 aliphatic heterocycles. The van der Waals surface area contributed by atoms with Crippen molar-refractivity contribution in [3.8, 4) is 11.8 Å². The molecular formula is C28H28F3N9O3. The molecule has 0 spiro atoms. The summed E-state index contributed by atoms with van der Waals surface area (Å²) in [6.07, 6.45) is -1.47. The van der Waals surface area contributed by atoms with Crippen molar-refractivity contribution in [1.82, 2.24) is 29.5 Å². The zero-order valence-corrected chi connectivity index (χ0v) is 23.4. The minimum atomic E-state index is -4.49. The minimum absolute atomic E-state index is 0.0429. The highest BCUT2D eigenvalue weighted by atomic mass is 19.4. The van der Waals surface area contributed by atoms with Gasteiger partial charge in [-0.3, -0.25) is 9.48 Å². The number of nitrogens with one attached hydrogen (secondary N) is 1. The molecule has 0 saturated carbocycles. The van der Waals surface area contributed by atoms with Crippen molar-refractivity contribution in [2.75, 3.05) is 30.5 Å². The number of hydrogen-bond donors (Lipinski definition) is 1. The Morgan fingerprint density at radius 3 is 2.56 bits per heavy atom. The smallest absolute Gasteiger partial charge is 0.419 e. The second-order valence-electron chi connectivity index (χ2n) is 9.96. The Hall–Kier alpha value is -4.97. The lowest BCUT2D eigenvalue weighted by Crippen LogP contribution is -2.35. The number of halogens is 3. The van der Waals surface area contributed by atoms with Crippen LogP contribution in [-0.2, 0) is 37.2 Å². The van der Waals surface area contributed by atoms with E-state index in [-0.39, 0.29) is 37.3 Å². The largest absolute Gasteiger partial charge is 0.497 e. The highest BCUT2D eigenvalue weighted by Crippen LogP contribution is 2.29. The van der Waals surface area contributed by atoms with Gasteiger partial charge in [0.05, 0.1) is 68.8 Å². The summed E-state index contributed by atoms with van der Waals surface area (Å²) in [5.41, 5.74) is 1.27. The van der Waals surface area contributed by atoms with Crippen molar-refractivity contribution < 1.29 is 22.6 Å². The highest BCUT2D eigenvalue weighted by molar-refractivity contribution is 5.55. The average Bonchev–Trinajstić information content (AvgIpc) is 3.41. The van der Waals surface area contributed by atoms with Crippen molar-refractivity contribution in [1.29, 1.82) is 5.26 Å². The summed E-state index contributed by atoms with van der Waals surface area (Å²) in [4.78, 5) is 22.5. The number of aromatic nitrogens is 6. The van der Waals surface area contributed by atoms with E-state index in [1.54, 1.807) is 24.1 Å². The Balaban J connectivity index is 1.14. The standard InChI is InChI=1S/C28H28F3N9O3/c1-18(36-25-13-35-40(26(41)24(25)10-32)14-19-3-5-23(42-2)6-4-19)16-43-17-21-9-22-15-38(7-8-39(22)37-21)27-33-11-20(12-34-27)28(29,30)31/h3-6,9,11-13,18,36H,7-8,14-17H2,1-2H3/t18-/m0/s1. The molecule has 4 heterocycles. The van der Waals surface area contributed by atoms with Crippen LogP contribution in [0.4, 0.5) is 24.8 Å². The van der Waals surface area contributed by atoms with Gasteiger partial charge in [-0.25, -0.2) is 14.6 Å². The number of alkyl halides is 3. The maximum Gasteiger partial charge on any atom is 0.419 e. The molecule has 15 heteroatoms. The van der Waals surface area contributed by atoms with Crippen molar-refractivity contribution in [2.45, 2.75) is 45.4 Å². The van der Waals surface area contributed by atoms with Crippen LogP contribution in [0.5, 0.6) is 5.75 Å². The summed E-state index contributed by atoms with van der Waals surface area (Å²) in [6.45, 7) is 3.94. The molecule has 224 valence electrons. The van der Waals surface area contributed by atoms with Gasteiger partial charge in [0.25, 0.3) is 5.56 Å². The number of rotatable bonds is 10. The molecule has 1 aliphatic rings. The molecule has 0 bridgehead atoms. The van der Waals surface area contributed by atoms with Gasteiger partial charge < -0.3 is 19.7 Å². The number of nitrogens with zero attached hydrogens (tertiary/aromatic N) is 8. The van der Waals surface area contributed by atoms with E-state index < -0.39 is 17.3 Å². The SMILES string of the molecule is COc1ccc(Cn2ncc(N[C@@H](C)COCc3cc4n(n3)CCN(c3ncc(C(F)(F)F)cn3)C4)c(C#N)c2=O)cc1. The first-order valence-corrected chi connectivity index (χ1v) is 13.3. The number of benzene rings is 1. The molecule has 0 aliphatic carbocycles. The van der Waals surface area contributed by atoms with Gasteiger partial charge in [0.2, 0.25) is 5.95 Å². The predicted molar refractivity (Wildman–Crippen MR) is 148 cm³/mol. The molecular weight excluding hydrogens is 567 g/mol. The zero-order chi connectivity index (χ0) is 30.6. The summed E-state index contributed by atoms with van der Waals surface area (Å²) in [6, 6.07) is 10.8. The summed E-state index contributed by atoms with van der Waals surface area (Å²) in [5, 5.41) is 21.6. The summed E-state index contributed by atoms with van der Waals surface area (Å²) in [5.74, 6) is 0.918. The number of hydrogen-bond acceptors (Lipinski definition) is 10. The number of ether oxygens (including phenoxy) is 2. The quantitative estimate of drug-likeness (QED) is 0.291. The van der Waals surface area contributed by atoms with E-state index in [2.05, 4.69) is 25.5 Å². The van der Waals surface area contributed by atoms with Crippen molar-refractivity contribution in [3.05, 3.63) is 87.4 Å². The molecule has 5 rings (SSSR count). The molecule has 1 aromatic carbocycles. The van der Waals surface area contributed by atoms with Gasteiger partial charge in [0.15, 0.2) is 0 Å². The van der Waals surface area contributed by atoms with Crippen molar-refractivity contribution in [2.24, 2.45) is 0 Å². The van der Waals surface area contributed by atoms with Crippen LogP contribution in [0, 0.1) is 11.3 Å². The first-order chi connectivity index (χ1) is 20.6. The monoisotopic (exact) mass is 595 g/mol. The van der Waals surface area contributed by atoms with E-state index in [4.69, 9.17) is 9.47 Å². The Bertz CT molecular complexity index is 1660. The lowest BCUT2D eigenvalue weighted by atomic mass is 10.2. The van der Waals surface area contributed by atoms with Gasteiger partial charge >= 0.3 is 6.18 Å². The van der Waals surface area contributed by atoms with Gasteiger partial charge in [0.1, 0.15) is 17.4 Å². The van der Waals surface area contributed by atoms with Gasteiger partial charge in [-0.05, 0) is 30.7 Å². The topological polar surface area (TPSA) is 136 Å². The number of nitriles is 1. The Labute approximate surface area is 244 Å². The molecule has 0 radical (unpaired) electrons. The summed E-state index contributed by atoms with van der Waals surface area (Å²) >= 11 is 0. The van der Waals surface area contributed by atoms with Gasteiger partial charge in [-0.2, -0.15) is 28.6 Å². The van der Waals surface area contributed by atoms with Crippen LogP contribution in [0.25, 0.3) is 0 Å². The molecule has 1 N–H and O–H groups in total. The van der Waals surface area contributed by atoms with Crippen LogP contribution < -0.4 is 20.5 Å². The maximum absolute atomic E-state index is 12.9. The van der Waals surface area contributed by atoms with Gasteiger partial charge in [-0.1, -0.05) is 12.1 Å². The second-order valence-corrected chi connectivity index (χ2v) is 9.96. The summed E-state index contributed by atoms with van der Waals surface area (Å²) in [7, 11) is 1.57. The Morgan fingerprint density at radius 1 is 1.14 bits per heavy atom. The molecule has 12 nitrogen and oxygen atoms in total. The fourth-order valence-corrected chi connectivity index (χ4v) is 4.57. The van der Waals surface area contributed by atoms with E-state index in [0.717, 1.165) is 23.7 Å².